The van der Waals surface area contributed by atoms with Gasteiger partial charge < -0.3 is 10.1 Å². The first-order valence-electron chi connectivity index (χ1n) is 5.23. The summed E-state index contributed by atoms with van der Waals surface area (Å²) in [6.45, 7) is 3.74. The third-order valence-corrected chi connectivity index (χ3v) is 2.49. The predicted molar refractivity (Wildman–Crippen MR) is 70.0 cm³/mol. The fourth-order valence-electron chi connectivity index (χ4n) is 1.13. The van der Waals surface area contributed by atoms with Gasteiger partial charge in [-0.2, -0.15) is 0 Å². The molecule has 0 saturated heterocycles. The summed E-state index contributed by atoms with van der Waals surface area (Å²) in [6.07, 6.45) is -0.549. The van der Waals surface area contributed by atoms with Crippen LogP contribution in [0.25, 0.3) is 0 Å². The highest BCUT2D eigenvalue weighted by atomic mass is 35.5. The highest BCUT2D eigenvalue weighted by molar-refractivity contribution is 6.35. The predicted octanol–water partition coefficient (Wildman–Crippen LogP) is 3.15. The lowest BCUT2D eigenvalue weighted by Crippen LogP contribution is -2.23. The normalized spacial score (nSPS) is 10.1. The molecule has 6 heteroatoms. The molecule has 0 heterocycles. The molecule has 17 heavy (non-hydrogen) atoms. The van der Waals surface area contributed by atoms with E-state index in [1.165, 1.54) is 0 Å². The van der Waals surface area contributed by atoms with Crippen molar-refractivity contribution >= 4 is 35.0 Å². The van der Waals surface area contributed by atoms with Crippen LogP contribution in [0.4, 0.5) is 10.5 Å². The van der Waals surface area contributed by atoms with Crippen molar-refractivity contribution in [1.82, 2.24) is 5.32 Å². The maximum atomic E-state index is 11.4. The SMILES string of the molecule is CCNCCOC(=O)Nc1cc(Cl)ccc1Cl. The van der Waals surface area contributed by atoms with Gasteiger partial charge in [-0.25, -0.2) is 4.79 Å². The number of anilines is 1. The number of carbonyl (C=O) groups excluding carboxylic acids is 1. The first-order chi connectivity index (χ1) is 8.13. The van der Waals surface area contributed by atoms with E-state index < -0.39 is 6.09 Å². The Morgan fingerprint density at radius 1 is 1.41 bits per heavy atom. The van der Waals surface area contributed by atoms with Crippen molar-refractivity contribution < 1.29 is 9.53 Å². The van der Waals surface area contributed by atoms with Crippen molar-refractivity contribution in [2.24, 2.45) is 0 Å². The molecule has 4 nitrogen and oxygen atoms in total. The fourth-order valence-corrected chi connectivity index (χ4v) is 1.47. The average Bonchev–Trinajstić information content (AvgIpc) is 2.29. The minimum absolute atomic E-state index is 0.303. The molecule has 1 rings (SSSR count). The number of likely N-dealkylation sites (N-methyl/N-ethyl adjacent to an activating group) is 1. The number of carbonyl (C=O) groups is 1. The van der Waals surface area contributed by atoms with E-state index in [1.54, 1.807) is 18.2 Å². The number of hydrogen-bond acceptors (Lipinski definition) is 3. The van der Waals surface area contributed by atoms with E-state index in [0.29, 0.717) is 28.9 Å². The van der Waals surface area contributed by atoms with Crippen LogP contribution in [0, 0.1) is 0 Å². The van der Waals surface area contributed by atoms with Crippen LogP contribution in [0.15, 0.2) is 18.2 Å². The van der Waals surface area contributed by atoms with Crippen LogP contribution in [0.5, 0.6) is 0 Å². The number of nitrogens with one attached hydrogen (secondary N) is 2. The molecule has 0 saturated carbocycles. The first kappa shape index (κ1) is 14.1. The molecule has 0 aromatic heterocycles. The van der Waals surface area contributed by atoms with Gasteiger partial charge >= 0.3 is 6.09 Å². The topological polar surface area (TPSA) is 50.4 Å². The van der Waals surface area contributed by atoms with Crippen LogP contribution in [-0.2, 0) is 4.74 Å². The standard InChI is InChI=1S/C11H14Cl2N2O2/c1-2-14-5-6-17-11(16)15-10-7-8(12)3-4-9(10)13/h3-4,7,14H,2,5-6H2,1H3,(H,15,16). The summed E-state index contributed by atoms with van der Waals surface area (Å²) in [4.78, 5) is 11.4. The molecule has 0 spiro atoms. The second-order valence-corrected chi connectivity index (χ2v) is 4.08. The lowest BCUT2D eigenvalue weighted by molar-refractivity contribution is 0.162. The number of amides is 1. The van der Waals surface area contributed by atoms with Gasteiger partial charge in [0.05, 0.1) is 10.7 Å². The van der Waals surface area contributed by atoms with Crippen LogP contribution >= 0.6 is 23.2 Å². The van der Waals surface area contributed by atoms with Gasteiger partial charge in [0.1, 0.15) is 6.61 Å². The summed E-state index contributed by atoms with van der Waals surface area (Å²) in [5, 5.41) is 6.47. The van der Waals surface area contributed by atoms with E-state index in [0.717, 1.165) is 6.54 Å². The molecule has 0 aliphatic carbocycles. The lowest BCUT2D eigenvalue weighted by Gasteiger charge is -2.08. The van der Waals surface area contributed by atoms with Crippen molar-refractivity contribution in [3.63, 3.8) is 0 Å². The molecular formula is C11H14Cl2N2O2. The smallest absolute Gasteiger partial charge is 0.411 e. The van der Waals surface area contributed by atoms with Crippen molar-refractivity contribution in [1.29, 1.82) is 0 Å². The minimum Gasteiger partial charge on any atom is -0.448 e. The molecule has 0 radical (unpaired) electrons. The zero-order chi connectivity index (χ0) is 12.7. The molecular weight excluding hydrogens is 263 g/mol. The molecule has 0 aliphatic rings. The van der Waals surface area contributed by atoms with E-state index in [4.69, 9.17) is 27.9 Å². The van der Waals surface area contributed by atoms with Crippen LogP contribution in [-0.4, -0.2) is 25.8 Å². The van der Waals surface area contributed by atoms with E-state index >= 15 is 0 Å². The summed E-state index contributed by atoms with van der Waals surface area (Å²) < 4.78 is 4.93. The largest absolute Gasteiger partial charge is 0.448 e. The Kier molecular flexibility index (Phi) is 6.11. The zero-order valence-corrected chi connectivity index (χ0v) is 10.9. The Morgan fingerprint density at radius 2 is 2.18 bits per heavy atom. The Labute approximate surface area is 110 Å². The van der Waals surface area contributed by atoms with E-state index in [9.17, 15) is 4.79 Å². The van der Waals surface area contributed by atoms with Crippen LogP contribution in [0.3, 0.4) is 0 Å². The number of benzene rings is 1. The summed E-state index contributed by atoms with van der Waals surface area (Å²) in [7, 11) is 0. The summed E-state index contributed by atoms with van der Waals surface area (Å²) in [6, 6.07) is 4.82. The van der Waals surface area contributed by atoms with E-state index in [1.807, 2.05) is 6.92 Å². The van der Waals surface area contributed by atoms with E-state index in [-0.39, 0.29) is 0 Å². The van der Waals surface area contributed by atoms with Gasteiger partial charge in [0.25, 0.3) is 0 Å². The molecule has 2 N–H and O–H groups in total. The van der Waals surface area contributed by atoms with Gasteiger partial charge in [0, 0.05) is 11.6 Å². The van der Waals surface area contributed by atoms with Gasteiger partial charge in [-0.1, -0.05) is 30.1 Å². The highest BCUT2D eigenvalue weighted by Crippen LogP contribution is 2.25. The van der Waals surface area contributed by atoms with E-state index in [2.05, 4.69) is 10.6 Å². The molecule has 1 amide bonds. The van der Waals surface area contributed by atoms with Crippen LogP contribution < -0.4 is 10.6 Å². The Hall–Kier alpha value is -0.970. The first-order valence-corrected chi connectivity index (χ1v) is 5.98. The minimum atomic E-state index is -0.549. The summed E-state index contributed by atoms with van der Waals surface area (Å²) in [5.41, 5.74) is 0.438. The second-order valence-electron chi connectivity index (χ2n) is 3.24. The summed E-state index contributed by atoms with van der Waals surface area (Å²) >= 11 is 11.7. The molecule has 1 aromatic rings. The van der Waals surface area contributed by atoms with Gasteiger partial charge in [0.2, 0.25) is 0 Å². The molecule has 0 bridgehead atoms. The summed E-state index contributed by atoms with van der Waals surface area (Å²) in [5.74, 6) is 0. The molecule has 94 valence electrons. The zero-order valence-electron chi connectivity index (χ0n) is 9.43. The van der Waals surface area contributed by atoms with Crippen LogP contribution in [0.2, 0.25) is 10.0 Å². The Bertz CT molecular complexity index is 386. The molecule has 0 fully saturated rings. The maximum absolute atomic E-state index is 11.4. The number of ether oxygens (including phenoxy) is 1. The lowest BCUT2D eigenvalue weighted by atomic mass is 10.3. The van der Waals surface area contributed by atoms with Gasteiger partial charge in [0.15, 0.2) is 0 Å². The molecule has 0 atom stereocenters. The molecule has 0 unspecified atom stereocenters. The van der Waals surface area contributed by atoms with Crippen LogP contribution in [0.1, 0.15) is 6.92 Å². The van der Waals surface area contributed by atoms with Crippen molar-refractivity contribution in [3.05, 3.63) is 28.2 Å². The third-order valence-electron chi connectivity index (χ3n) is 1.93. The fraction of sp³-hybridized carbons (Fsp3) is 0.364. The number of hydrogen-bond donors (Lipinski definition) is 2. The molecule has 1 aromatic carbocycles. The van der Waals surface area contributed by atoms with Crippen molar-refractivity contribution in [2.75, 3.05) is 25.0 Å². The van der Waals surface area contributed by atoms with Gasteiger partial charge in [-0.3, -0.25) is 5.32 Å². The number of rotatable bonds is 5. The highest BCUT2D eigenvalue weighted by Gasteiger charge is 2.06. The third kappa shape index (κ3) is 5.26. The van der Waals surface area contributed by atoms with Gasteiger partial charge in [-0.15, -0.1) is 0 Å². The monoisotopic (exact) mass is 276 g/mol. The van der Waals surface area contributed by atoms with Crippen molar-refractivity contribution in [2.45, 2.75) is 6.92 Å². The van der Waals surface area contributed by atoms with Crippen molar-refractivity contribution in [3.8, 4) is 0 Å². The maximum Gasteiger partial charge on any atom is 0.411 e. The van der Waals surface area contributed by atoms with Gasteiger partial charge in [-0.05, 0) is 24.7 Å². The Balaban J connectivity index is 2.42. The second kappa shape index (κ2) is 7.37. The number of halogens is 2. The average molecular weight is 277 g/mol. The molecule has 0 aliphatic heterocycles. The quantitative estimate of drug-likeness (QED) is 0.813. The Morgan fingerprint density at radius 3 is 2.88 bits per heavy atom.